The molecule has 1 aliphatic carbocycles. The number of nitrogens with zero attached hydrogens (tertiary/aromatic N) is 2. The molecule has 0 fully saturated rings. The fourth-order valence-electron chi connectivity index (χ4n) is 5.62. The van der Waals surface area contributed by atoms with Crippen LogP contribution in [0.2, 0.25) is 0 Å². The molecule has 4 aromatic carbocycles. The maximum atomic E-state index is 14.4. The SMILES string of the molecule is COc1ccc(N(C2=C(Cl)C(=O)C(N(c3ccc(OC)cc3)c3ccc4[nH]c(=O)[nH]c4c3)=C(Cl)C2=O)c2ccc3[nH]c(=O)[nH]c3c2)cc1. The molecule has 0 amide bonds. The quantitative estimate of drug-likeness (QED) is 0.141. The largest absolute Gasteiger partial charge is 0.497 e. The van der Waals surface area contributed by atoms with Gasteiger partial charge in [0.25, 0.3) is 0 Å². The molecule has 0 radical (unpaired) electrons. The van der Waals surface area contributed by atoms with Crippen molar-refractivity contribution in [2.75, 3.05) is 24.0 Å². The Labute approximate surface area is 280 Å². The Morgan fingerprint density at radius 2 is 0.812 bits per heavy atom. The van der Waals surface area contributed by atoms with Crippen LogP contribution >= 0.6 is 23.2 Å². The lowest BCUT2D eigenvalue weighted by atomic mass is 10.0. The van der Waals surface area contributed by atoms with Gasteiger partial charge in [0.05, 0.1) is 36.3 Å². The molecule has 0 saturated carbocycles. The number of aromatic amines is 4. The summed E-state index contributed by atoms with van der Waals surface area (Å²) in [6.45, 7) is 0. The first-order valence-corrected chi connectivity index (χ1v) is 15.1. The number of ether oxygens (including phenoxy) is 2. The van der Waals surface area contributed by atoms with Crippen molar-refractivity contribution in [2.45, 2.75) is 0 Å². The normalized spacial score (nSPS) is 13.5. The molecular weight excluding hydrogens is 659 g/mol. The number of nitrogens with one attached hydrogen (secondary N) is 4. The molecule has 48 heavy (non-hydrogen) atoms. The number of benzene rings is 4. The van der Waals surface area contributed by atoms with Gasteiger partial charge >= 0.3 is 11.4 Å². The molecule has 0 aliphatic heterocycles. The minimum atomic E-state index is -0.732. The lowest BCUT2D eigenvalue weighted by Gasteiger charge is -2.33. The standard InChI is InChI=1S/C34H24Cl2N6O6/c1-47-21-9-3-17(4-10-21)41(19-7-13-23-25(15-19)39-33(45)37-23)29-27(35)32(44)30(28(36)31(29)43)42(18-5-11-22(48-2)12-6-18)20-8-14-24-26(16-20)40-34(46)38-24/h3-16H,1-2H3,(H2,37,39,45)(H2,38,40,46). The van der Waals surface area contributed by atoms with E-state index in [0.717, 1.165) is 0 Å². The van der Waals surface area contributed by atoms with Crippen molar-refractivity contribution in [1.29, 1.82) is 0 Å². The number of aromatic nitrogens is 4. The minimum Gasteiger partial charge on any atom is -0.497 e. The number of carbonyl (C=O) groups is 2. The van der Waals surface area contributed by atoms with Crippen LogP contribution in [0.25, 0.3) is 22.1 Å². The maximum Gasteiger partial charge on any atom is 0.323 e. The van der Waals surface area contributed by atoms with Crippen LogP contribution in [0.1, 0.15) is 0 Å². The fourth-order valence-corrected chi connectivity index (χ4v) is 6.14. The molecule has 0 saturated heterocycles. The van der Waals surface area contributed by atoms with Crippen LogP contribution < -0.4 is 30.7 Å². The van der Waals surface area contributed by atoms with E-state index >= 15 is 0 Å². The summed E-state index contributed by atoms with van der Waals surface area (Å²) in [6, 6.07) is 23.5. The number of methoxy groups -OCH3 is 2. The number of H-pyrrole nitrogens is 4. The lowest BCUT2D eigenvalue weighted by molar-refractivity contribution is -0.115. The highest BCUT2D eigenvalue weighted by molar-refractivity contribution is 6.57. The third-order valence-corrected chi connectivity index (χ3v) is 8.57. The van der Waals surface area contributed by atoms with Gasteiger partial charge in [-0.05, 0) is 84.9 Å². The highest BCUT2D eigenvalue weighted by atomic mass is 35.5. The molecular formula is C34H24Cl2N6O6. The smallest absolute Gasteiger partial charge is 0.323 e. The number of anilines is 4. The first-order chi connectivity index (χ1) is 23.2. The average molecular weight is 684 g/mol. The van der Waals surface area contributed by atoms with Crippen LogP contribution in [0.4, 0.5) is 22.7 Å². The van der Waals surface area contributed by atoms with Gasteiger partial charge < -0.3 is 39.2 Å². The highest BCUT2D eigenvalue weighted by Crippen LogP contribution is 2.43. The van der Waals surface area contributed by atoms with Crippen molar-refractivity contribution >= 4 is 79.6 Å². The van der Waals surface area contributed by atoms with Crippen LogP contribution in [0.15, 0.2) is 116 Å². The molecule has 0 unspecified atom stereocenters. The number of rotatable bonds is 8. The van der Waals surface area contributed by atoms with Gasteiger partial charge in [0.1, 0.15) is 33.0 Å². The summed E-state index contributed by atoms with van der Waals surface area (Å²) in [7, 11) is 3.05. The van der Waals surface area contributed by atoms with Crippen molar-refractivity contribution in [2.24, 2.45) is 0 Å². The van der Waals surface area contributed by atoms with Crippen LogP contribution in [0.5, 0.6) is 11.5 Å². The Morgan fingerprint density at radius 3 is 1.17 bits per heavy atom. The van der Waals surface area contributed by atoms with Gasteiger partial charge in [0.2, 0.25) is 11.6 Å². The maximum absolute atomic E-state index is 14.4. The van der Waals surface area contributed by atoms with E-state index in [1.807, 2.05) is 0 Å². The molecule has 0 atom stereocenters. The number of Topliss-reactive ketones (excluding diaryl/α,β-unsaturated/α-hetero) is 2. The summed E-state index contributed by atoms with van der Waals surface area (Å²) in [6.07, 6.45) is 0. The van der Waals surface area contributed by atoms with E-state index in [9.17, 15) is 19.2 Å². The predicted molar refractivity (Wildman–Crippen MR) is 184 cm³/mol. The average Bonchev–Trinajstić information content (AvgIpc) is 3.67. The fraction of sp³-hybridized carbons (Fsp3) is 0.0588. The Kier molecular flexibility index (Phi) is 7.66. The molecule has 14 heteroatoms. The summed E-state index contributed by atoms with van der Waals surface area (Å²) in [5.41, 5.74) is 2.57. The topological polar surface area (TPSA) is 156 Å². The Balaban J connectivity index is 1.41. The van der Waals surface area contributed by atoms with Gasteiger partial charge in [-0.3, -0.25) is 9.59 Å². The number of hydrogen-bond donors (Lipinski definition) is 4. The zero-order valence-corrected chi connectivity index (χ0v) is 26.7. The van der Waals surface area contributed by atoms with E-state index in [1.54, 1.807) is 84.9 Å². The minimum absolute atomic E-state index is 0.196. The van der Waals surface area contributed by atoms with Crippen LogP contribution in [-0.4, -0.2) is 45.7 Å². The Morgan fingerprint density at radius 1 is 0.479 bits per heavy atom. The first-order valence-electron chi connectivity index (χ1n) is 14.4. The van der Waals surface area contributed by atoms with Crippen molar-refractivity contribution in [3.05, 3.63) is 127 Å². The summed E-state index contributed by atoms with van der Waals surface area (Å²) in [5.74, 6) is -0.341. The molecule has 4 N–H and O–H groups in total. The number of halogens is 2. The monoisotopic (exact) mass is 682 g/mol. The van der Waals surface area contributed by atoms with E-state index in [0.29, 0.717) is 56.3 Å². The summed E-state index contributed by atoms with van der Waals surface area (Å²) in [4.78, 5) is 66.7. The van der Waals surface area contributed by atoms with Gasteiger partial charge in [-0.15, -0.1) is 0 Å². The molecule has 0 spiro atoms. The number of ketones is 2. The van der Waals surface area contributed by atoms with E-state index in [2.05, 4.69) is 19.9 Å². The third kappa shape index (κ3) is 5.22. The molecule has 1 aliphatic rings. The Bertz CT molecular complexity index is 2270. The van der Waals surface area contributed by atoms with Crippen molar-refractivity contribution in [3.63, 3.8) is 0 Å². The second-order valence-corrected chi connectivity index (χ2v) is 11.4. The molecule has 2 heterocycles. The number of imidazole rings is 2. The zero-order chi connectivity index (χ0) is 33.7. The predicted octanol–water partition coefficient (Wildman–Crippen LogP) is 6.07. The van der Waals surface area contributed by atoms with E-state index in [4.69, 9.17) is 32.7 Å². The molecule has 0 bridgehead atoms. The highest BCUT2D eigenvalue weighted by Gasteiger charge is 2.40. The molecule has 6 aromatic rings. The van der Waals surface area contributed by atoms with Gasteiger partial charge in [0, 0.05) is 22.7 Å². The molecule has 240 valence electrons. The zero-order valence-electron chi connectivity index (χ0n) is 25.2. The molecule has 2 aromatic heterocycles. The second-order valence-electron chi connectivity index (χ2n) is 10.7. The van der Waals surface area contributed by atoms with Crippen LogP contribution in [-0.2, 0) is 9.59 Å². The third-order valence-electron chi connectivity index (χ3n) is 7.87. The van der Waals surface area contributed by atoms with Gasteiger partial charge in [0.15, 0.2) is 0 Å². The summed E-state index contributed by atoms with van der Waals surface area (Å²) >= 11 is 13.8. The van der Waals surface area contributed by atoms with Crippen molar-refractivity contribution in [1.82, 2.24) is 19.9 Å². The lowest BCUT2D eigenvalue weighted by Crippen LogP contribution is -2.35. The van der Waals surface area contributed by atoms with Gasteiger partial charge in [-0.1, -0.05) is 23.2 Å². The van der Waals surface area contributed by atoms with E-state index in [-0.39, 0.29) is 11.4 Å². The van der Waals surface area contributed by atoms with Crippen molar-refractivity contribution in [3.8, 4) is 11.5 Å². The number of hydrogen-bond acceptors (Lipinski definition) is 8. The second kappa shape index (κ2) is 12.0. The van der Waals surface area contributed by atoms with Gasteiger partial charge in [-0.25, -0.2) is 9.59 Å². The summed E-state index contributed by atoms with van der Waals surface area (Å²) < 4.78 is 10.6. The molecule has 7 rings (SSSR count). The van der Waals surface area contributed by atoms with Crippen LogP contribution in [0, 0.1) is 0 Å². The number of carbonyl (C=O) groups excluding carboxylic acids is 2. The van der Waals surface area contributed by atoms with E-state index < -0.39 is 33.0 Å². The molecule has 12 nitrogen and oxygen atoms in total. The first kappa shape index (κ1) is 30.7. The Hall–Kier alpha value is -5.98. The number of fused-ring (bicyclic) bond motifs is 2. The van der Waals surface area contributed by atoms with Crippen LogP contribution in [0.3, 0.4) is 0 Å². The van der Waals surface area contributed by atoms with E-state index in [1.165, 1.54) is 24.0 Å². The van der Waals surface area contributed by atoms with Crippen molar-refractivity contribution < 1.29 is 19.1 Å². The number of allylic oxidation sites excluding steroid dienone is 2. The summed E-state index contributed by atoms with van der Waals surface area (Å²) in [5, 5.41) is -0.792. The van der Waals surface area contributed by atoms with Gasteiger partial charge in [-0.2, -0.15) is 0 Å².